The van der Waals surface area contributed by atoms with Gasteiger partial charge in [-0.05, 0) is 36.5 Å². The van der Waals surface area contributed by atoms with Crippen LogP contribution in [-0.4, -0.2) is 35.2 Å². The van der Waals surface area contributed by atoms with E-state index in [1.807, 2.05) is 0 Å². The van der Waals surface area contributed by atoms with Crippen molar-refractivity contribution in [1.29, 1.82) is 0 Å². The second-order valence-corrected chi connectivity index (χ2v) is 4.23. The van der Waals surface area contributed by atoms with Gasteiger partial charge in [-0.3, -0.25) is 0 Å². The summed E-state index contributed by atoms with van der Waals surface area (Å²) in [6.07, 6.45) is 0. The van der Waals surface area contributed by atoms with Crippen LogP contribution in [-0.2, 0) is 0 Å². The fourth-order valence-corrected chi connectivity index (χ4v) is 1.48. The second kappa shape index (κ2) is 4.66. The van der Waals surface area contributed by atoms with Crippen LogP contribution in [0.1, 0.15) is 10.6 Å². The summed E-state index contributed by atoms with van der Waals surface area (Å²) < 4.78 is 10.6. The number of hydrogen-bond donors (Lipinski definition) is 1. The zero-order valence-corrected chi connectivity index (χ0v) is 10.7. The summed E-state index contributed by atoms with van der Waals surface area (Å²) in [6, 6.07) is 6.45. The molecule has 2 aromatic rings. The third-order valence-electron chi connectivity index (χ3n) is 2.27. The van der Waals surface area contributed by atoms with Crippen molar-refractivity contribution in [3.8, 4) is 5.75 Å². The quantitative estimate of drug-likeness (QED) is 0.841. The highest BCUT2D eigenvalue weighted by Gasteiger charge is 2.11. The Morgan fingerprint density at radius 3 is 2.72 bits per heavy atom. The Hall–Kier alpha value is -2.08. The van der Waals surface area contributed by atoms with Gasteiger partial charge >= 0.3 is 5.97 Å². The Bertz CT molecular complexity index is 618. The number of nitrogens with zero attached hydrogens (tertiary/aromatic N) is 1. The molecule has 0 fully saturated rings. The Morgan fingerprint density at radius 1 is 1.39 bits per heavy atom. The van der Waals surface area contributed by atoms with Crippen LogP contribution in [0.15, 0.2) is 28.7 Å². The monoisotopic (exact) mass is 265 g/mol. The summed E-state index contributed by atoms with van der Waals surface area (Å²) in [5.74, 6) is -0.659. The average molecular weight is 265 g/mol. The summed E-state index contributed by atoms with van der Waals surface area (Å²) in [7, 11) is 3.56. The normalized spacial score (nSPS) is 10.3. The fraction of sp³-hybridized carbons (Fsp3) is 0.167. The number of carbonyl (C=O) groups is 1. The van der Waals surface area contributed by atoms with Crippen molar-refractivity contribution in [2.45, 2.75) is 0 Å². The molecule has 18 heavy (non-hydrogen) atoms. The first kappa shape index (κ1) is 12.4. The van der Waals surface area contributed by atoms with Crippen molar-refractivity contribution in [3.05, 3.63) is 30.0 Å². The van der Waals surface area contributed by atoms with Gasteiger partial charge in [0.05, 0.1) is 0 Å². The summed E-state index contributed by atoms with van der Waals surface area (Å²) >= 11 is 5.02. The van der Waals surface area contributed by atoms with Crippen molar-refractivity contribution in [2.24, 2.45) is 0 Å². The molecule has 1 N–H and O–H groups in total. The van der Waals surface area contributed by atoms with Crippen molar-refractivity contribution < 1.29 is 19.1 Å². The minimum atomic E-state index is -1.10. The highest BCUT2D eigenvalue weighted by molar-refractivity contribution is 7.80. The lowest BCUT2D eigenvalue weighted by Crippen LogP contribution is -2.24. The minimum absolute atomic E-state index is 0.0997. The molecular weight excluding hydrogens is 254 g/mol. The van der Waals surface area contributed by atoms with Gasteiger partial charge in [-0.15, -0.1) is 0 Å². The first-order valence-electron chi connectivity index (χ1n) is 5.13. The van der Waals surface area contributed by atoms with E-state index in [0.717, 1.165) is 0 Å². The van der Waals surface area contributed by atoms with Crippen LogP contribution in [0.3, 0.4) is 0 Å². The molecular formula is C12H11NO4S. The molecule has 0 bridgehead atoms. The molecule has 1 aromatic heterocycles. The number of fused-ring (bicyclic) bond motifs is 1. The number of benzene rings is 1. The lowest BCUT2D eigenvalue weighted by atomic mass is 10.2. The number of rotatable bonds is 2. The van der Waals surface area contributed by atoms with Gasteiger partial charge < -0.3 is 19.2 Å². The summed E-state index contributed by atoms with van der Waals surface area (Å²) in [6.45, 7) is 0. The molecule has 0 aliphatic rings. The van der Waals surface area contributed by atoms with E-state index in [-0.39, 0.29) is 5.76 Å². The number of aromatic carboxylic acids is 1. The number of thiocarbonyl (C=S) groups is 1. The van der Waals surface area contributed by atoms with Crippen LogP contribution in [0.4, 0.5) is 0 Å². The Morgan fingerprint density at radius 2 is 2.11 bits per heavy atom. The van der Waals surface area contributed by atoms with E-state index in [9.17, 15) is 4.79 Å². The highest BCUT2D eigenvalue weighted by atomic mass is 32.1. The van der Waals surface area contributed by atoms with Crippen LogP contribution < -0.4 is 4.74 Å². The summed E-state index contributed by atoms with van der Waals surface area (Å²) in [5.41, 5.74) is 0.496. The van der Waals surface area contributed by atoms with E-state index in [1.165, 1.54) is 6.07 Å². The molecule has 1 aromatic carbocycles. The number of furan rings is 1. The van der Waals surface area contributed by atoms with Crippen molar-refractivity contribution in [1.82, 2.24) is 4.90 Å². The third-order valence-corrected chi connectivity index (χ3v) is 2.72. The smallest absolute Gasteiger partial charge is 0.371 e. The van der Waals surface area contributed by atoms with Crippen LogP contribution >= 0.6 is 12.2 Å². The Balaban J connectivity index is 2.32. The van der Waals surface area contributed by atoms with Gasteiger partial charge in [0.1, 0.15) is 11.3 Å². The van der Waals surface area contributed by atoms with Gasteiger partial charge in [0.15, 0.2) is 0 Å². The lowest BCUT2D eigenvalue weighted by Gasteiger charge is -2.13. The van der Waals surface area contributed by atoms with E-state index < -0.39 is 5.97 Å². The van der Waals surface area contributed by atoms with E-state index in [0.29, 0.717) is 21.9 Å². The van der Waals surface area contributed by atoms with Crippen LogP contribution in [0, 0.1) is 0 Å². The highest BCUT2D eigenvalue weighted by Crippen LogP contribution is 2.24. The number of hydrogen-bond acceptors (Lipinski definition) is 4. The third kappa shape index (κ3) is 2.43. The first-order chi connectivity index (χ1) is 8.47. The number of carboxylic acids is 1. The van der Waals surface area contributed by atoms with Crippen molar-refractivity contribution >= 4 is 34.3 Å². The molecule has 0 aliphatic heterocycles. The van der Waals surface area contributed by atoms with E-state index in [2.05, 4.69) is 0 Å². The largest absolute Gasteiger partial charge is 0.475 e. The molecule has 94 valence electrons. The maximum absolute atomic E-state index is 10.8. The lowest BCUT2D eigenvalue weighted by molar-refractivity contribution is 0.0665. The van der Waals surface area contributed by atoms with Crippen LogP contribution in [0.25, 0.3) is 11.0 Å². The van der Waals surface area contributed by atoms with Crippen molar-refractivity contribution in [2.75, 3.05) is 14.1 Å². The predicted molar refractivity (Wildman–Crippen MR) is 70.1 cm³/mol. The summed E-state index contributed by atoms with van der Waals surface area (Å²) in [4.78, 5) is 12.4. The molecule has 0 spiro atoms. The van der Waals surface area contributed by atoms with Gasteiger partial charge in [0.2, 0.25) is 5.76 Å². The molecule has 0 saturated heterocycles. The minimum Gasteiger partial charge on any atom is -0.475 e. The molecule has 0 unspecified atom stereocenters. The molecule has 0 saturated carbocycles. The topological polar surface area (TPSA) is 62.9 Å². The molecule has 0 amide bonds. The van der Waals surface area contributed by atoms with Gasteiger partial charge in [-0.2, -0.15) is 0 Å². The van der Waals surface area contributed by atoms with Crippen LogP contribution in [0.5, 0.6) is 5.75 Å². The molecule has 5 nitrogen and oxygen atoms in total. The van der Waals surface area contributed by atoms with E-state index in [4.69, 9.17) is 26.5 Å². The predicted octanol–water partition coefficient (Wildman–Crippen LogP) is 2.36. The molecule has 0 radical (unpaired) electrons. The van der Waals surface area contributed by atoms with Gasteiger partial charge in [-0.1, -0.05) is 0 Å². The molecule has 1 heterocycles. The standard InChI is InChI=1S/C12H11NO4S/c1-13(2)12(18)16-8-3-4-9-7(5-8)6-10(17-9)11(14)15/h3-6H,1-2H3,(H,14,15). The maximum atomic E-state index is 10.8. The molecule has 2 rings (SSSR count). The van der Waals surface area contributed by atoms with E-state index >= 15 is 0 Å². The van der Waals surface area contributed by atoms with Gasteiger partial charge in [0, 0.05) is 19.5 Å². The molecule has 6 heteroatoms. The van der Waals surface area contributed by atoms with Crippen molar-refractivity contribution in [3.63, 3.8) is 0 Å². The SMILES string of the molecule is CN(C)C(=S)Oc1ccc2oc(C(=O)O)cc2c1. The Kier molecular flexibility index (Phi) is 3.20. The second-order valence-electron chi connectivity index (χ2n) is 3.88. The van der Waals surface area contributed by atoms with Crippen LogP contribution in [0.2, 0.25) is 0 Å². The van der Waals surface area contributed by atoms with Gasteiger partial charge in [-0.25, -0.2) is 4.79 Å². The summed E-state index contributed by atoms with van der Waals surface area (Å²) in [5, 5.41) is 9.81. The maximum Gasteiger partial charge on any atom is 0.371 e. The number of carboxylic acid groups (broad SMARTS) is 1. The number of ether oxygens (including phenoxy) is 1. The van der Waals surface area contributed by atoms with Gasteiger partial charge in [0.25, 0.3) is 5.17 Å². The zero-order chi connectivity index (χ0) is 13.3. The fourth-order valence-electron chi connectivity index (χ4n) is 1.38. The Labute approximate surface area is 109 Å². The van der Waals surface area contributed by atoms with E-state index in [1.54, 1.807) is 37.2 Å². The molecule has 0 aliphatic carbocycles. The zero-order valence-electron chi connectivity index (χ0n) is 9.84. The average Bonchev–Trinajstić information content (AvgIpc) is 2.71. The molecule has 0 atom stereocenters. The first-order valence-corrected chi connectivity index (χ1v) is 5.54.